The molecule has 152 valence electrons. The fraction of sp³-hybridized carbons (Fsp3) is 0.304. The Labute approximate surface area is 170 Å². The Morgan fingerprint density at radius 1 is 1.10 bits per heavy atom. The largest absolute Gasteiger partial charge is 0.480 e. The van der Waals surface area contributed by atoms with Crippen molar-refractivity contribution in [1.29, 1.82) is 0 Å². The number of nitrogens with one attached hydrogen (secondary N) is 2. The van der Waals surface area contributed by atoms with Gasteiger partial charge in [0.25, 0.3) is 0 Å². The first-order valence-corrected chi connectivity index (χ1v) is 9.75. The summed E-state index contributed by atoms with van der Waals surface area (Å²) in [7, 11) is 0. The Hall–Kier alpha value is -3.12. The van der Waals surface area contributed by atoms with Crippen molar-refractivity contribution in [3.05, 3.63) is 71.8 Å². The van der Waals surface area contributed by atoms with E-state index in [1.165, 1.54) is 13.0 Å². The topological polar surface area (TPSA) is 87.7 Å². The molecule has 1 aliphatic carbocycles. The molecule has 29 heavy (non-hydrogen) atoms. The first-order chi connectivity index (χ1) is 14.0. The lowest BCUT2D eigenvalue weighted by Gasteiger charge is -2.23. The third kappa shape index (κ3) is 4.49. The second kappa shape index (κ2) is 8.92. The number of carboxylic acids is 1. The van der Waals surface area contributed by atoms with Gasteiger partial charge in [-0.1, -0.05) is 74.0 Å². The number of hydrazine groups is 1. The highest BCUT2D eigenvalue weighted by atomic mass is 16.6. The second-order valence-corrected chi connectivity index (χ2v) is 7.27. The van der Waals surface area contributed by atoms with Crippen LogP contribution in [-0.4, -0.2) is 29.3 Å². The summed E-state index contributed by atoms with van der Waals surface area (Å²) in [6.45, 7) is 3.65. The molecule has 2 aromatic carbocycles. The summed E-state index contributed by atoms with van der Waals surface area (Å²) in [5, 5.41) is 9.46. The standard InChI is InChI=1S/C23H26N2O4/c1-3-4-9-14-23(2,21(26)27)25-24-22(28)29-15-20-18-12-7-5-10-16(18)17-11-6-8-13-19(17)20/h5-14,20,25H,3-4,15H2,1-2H3,(H,24,28)(H,26,27). The highest BCUT2D eigenvalue weighted by Gasteiger charge is 2.32. The zero-order chi connectivity index (χ0) is 20.9. The first-order valence-electron chi connectivity index (χ1n) is 9.75. The highest BCUT2D eigenvalue weighted by Crippen LogP contribution is 2.44. The van der Waals surface area contributed by atoms with Gasteiger partial charge in [0.05, 0.1) is 0 Å². The van der Waals surface area contributed by atoms with Crippen molar-refractivity contribution >= 4 is 12.1 Å². The van der Waals surface area contributed by atoms with Crippen molar-refractivity contribution in [2.75, 3.05) is 6.61 Å². The molecule has 0 fully saturated rings. The minimum absolute atomic E-state index is 0.0524. The van der Waals surface area contributed by atoms with Crippen LogP contribution < -0.4 is 10.9 Å². The van der Waals surface area contributed by atoms with Gasteiger partial charge in [0.2, 0.25) is 0 Å². The van der Waals surface area contributed by atoms with E-state index >= 15 is 0 Å². The predicted octanol–water partition coefficient (Wildman–Crippen LogP) is 4.23. The molecule has 0 spiro atoms. The summed E-state index contributed by atoms with van der Waals surface area (Å²) in [5.74, 6) is -1.15. The molecule has 1 unspecified atom stereocenters. The fourth-order valence-corrected chi connectivity index (χ4v) is 3.47. The zero-order valence-corrected chi connectivity index (χ0v) is 16.6. The Morgan fingerprint density at radius 2 is 1.69 bits per heavy atom. The Kier molecular flexibility index (Phi) is 6.34. The zero-order valence-electron chi connectivity index (χ0n) is 16.6. The van der Waals surface area contributed by atoms with E-state index < -0.39 is 17.6 Å². The van der Waals surface area contributed by atoms with Crippen LogP contribution in [0.5, 0.6) is 0 Å². The van der Waals surface area contributed by atoms with Crippen LogP contribution in [-0.2, 0) is 9.53 Å². The Bertz CT molecular complexity index is 879. The van der Waals surface area contributed by atoms with Gasteiger partial charge in [-0.25, -0.2) is 15.0 Å². The van der Waals surface area contributed by atoms with Crippen molar-refractivity contribution in [2.24, 2.45) is 0 Å². The van der Waals surface area contributed by atoms with E-state index in [1.807, 2.05) is 43.3 Å². The molecule has 6 nitrogen and oxygen atoms in total. The molecule has 1 amide bonds. The Morgan fingerprint density at radius 3 is 2.24 bits per heavy atom. The van der Waals surface area contributed by atoms with Gasteiger partial charge in [0.15, 0.2) is 0 Å². The van der Waals surface area contributed by atoms with Crippen LogP contribution in [0, 0.1) is 0 Å². The second-order valence-electron chi connectivity index (χ2n) is 7.27. The summed E-state index contributed by atoms with van der Waals surface area (Å²) in [6, 6.07) is 16.1. The van der Waals surface area contributed by atoms with Crippen LogP contribution in [0.1, 0.15) is 43.7 Å². The van der Waals surface area contributed by atoms with Gasteiger partial charge in [0.1, 0.15) is 12.1 Å². The maximum atomic E-state index is 12.2. The van der Waals surface area contributed by atoms with Crippen molar-refractivity contribution in [2.45, 2.75) is 38.1 Å². The predicted molar refractivity (Wildman–Crippen MR) is 111 cm³/mol. The number of allylic oxidation sites excluding steroid dienone is 1. The van der Waals surface area contributed by atoms with Crippen molar-refractivity contribution < 1.29 is 19.4 Å². The summed E-state index contributed by atoms with van der Waals surface area (Å²) >= 11 is 0. The summed E-state index contributed by atoms with van der Waals surface area (Å²) < 4.78 is 5.41. The fourth-order valence-electron chi connectivity index (χ4n) is 3.47. The number of unbranched alkanes of at least 4 members (excludes halogenated alkanes) is 1. The molecule has 0 saturated heterocycles. The number of amides is 1. The van der Waals surface area contributed by atoms with Gasteiger partial charge in [-0.15, -0.1) is 0 Å². The minimum atomic E-state index is -1.42. The third-order valence-corrected chi connectivity index (χ3v) is 5.12. The SMILES string of the molecule is CCCC=CC(C)(NNC(=O)OCC1c2ccccc2-c2ccccc21)C(=O)O. The maximum absolute atomic E-state index is 12.2. The van der Waals surface area contributed by atoms with E-state index in [1.54, 1.807) is 6.08 Å². The van der Waals surface area contributed by atoms with Gasteiger partial charge in [-0.2, -0.15) is 0 Å². The van der Waals surface area contributed by atoms with Crippen molar-refractivity contribution in [1.82, 2.24) is 10.9 Å². The number of fused-ring (bicyclic) bond motifs is 3. The molecule has 0 aliphatic heterocycles. The molecule has 0 bridgehead atoms. The molecule has 6 heteroatoms. The van der Waals surface area contributed by atoms with E-state index in [0.29, 0.717) is 0 Å². The average Bonchev–Trinajstić information content (AvgIpc) is 3.05. The van der Waals surface area contributed by atoms with Crippen LogP contribution in [0.4, 0.5) is 4.79 Å². The monoisotopic (exact) mass is 394 g/mol. The summed E-state index contributed by atoms with van der Waals surface area (Å²) in [5.41, 5.74) is 8.03. The number of carbonyl (C=O) groups excluding carboxylic acids is 1. The smallest absolute Gasteiger partial charge is 0.421 e. The molecule has 0 heterocycles. The highest BCUT2D eigenvalue weighted by molar-refractivity contribution is 5.81. The molecular weight excluding hydrogens is 368 g/mol. The van der Waals surface area contributed by atoms with Gasteiger partial charge in [-0.3, -0.25) is 5.43 Å². The molecule has 3 rings (SSSR count). The third-order valence-electron chi connectivity index (χ3n) is 5.12. The number of rotatable bonds is 8. The maximum Gasteiger partial charge on any atom is 0.421 e. The van der Waals surface area contributed by atoms with Gasteiger partial charge < -0.3 is 9.84 Å². The van der Waals surface area contributed by atoms with Crippen LogP contribution in [0.15, 0.2) is 60.7 Å². The lowest BCUT2D eigenvalue weighted by Crippen LogP contribution is -2.56. The van der Waals surface area contributed by atoms with E-state index in [4.69, 9.17) is 4.74 Å². The van der Waals surface area contributed by atoms with Crippen LogP contribution in [0.2, 0.25) is 0 Å². The lowest BCUT2D eigenvalue weighted by molar-refractivity contribution is -0.142. The quantitative estimate of drug-likeness (QED) is 0.461. The Balaban J connectivity index is 1.63. The summed E-state index contributed by atoms with van der Waals surface area (Å²) in [4.78, 5) is 23.8. The van der Waals surface area contributed by atoms with E-state index in [-0.39, 0.29) is 12.5 Å². The van der Waals surface area contributed by atoms with Crippen molar-refractivity contribution in [3.63, 3.8) is 0 Å². The molecule has 0 radical (unpaired) electrons. The molecule has 1 atom stereocenters. The number of carbonyl (C=O) groups is 2. The summed E-state index contributed by atoms with van der Waals surface area (Å²) in [6.07, 6.45) is 4.26. The number of hydrogen-bond donors (Lipinski definition) is 3. The normalized spacial score (nSPS) is 14.8. The van der Waals surface area contributed by atoms with Gasteiger partial charge in [-0.05, 0) is 35.6 Å². The van der Waals surface area contributed by atoms with E-state index in [0.717, 1.165) is 35.1 Å². The van der Waals surface area contributed by atoms with E-state index in [2.05, 4.69) is 23.0 Å². The lowest BCUT2D eigenvalue weighted by atomic mass is 9.98. The molecule has 0 saturated carbocycles. The van der Waals surface area contributed by atoms with Gasteiger partial charge in [0, 0.05) is 5.92 Å². The molecule has 2 aromatic rings. The number of benzene rings is 2. The van der Waals surface area contributed by atoms with Crippen molar-refractivity contribution in [3.8, 4) is 11.1 Å². The van der Waals surface area contributed by atoms with E-state index in [9.17, 15) is 14.7 Å². The molecular formula is C23H26N2O4. The average molecular weight is 394 g/mol. The first kappa shape index (κ1) is 20.6. The molecule has 3 N–H and O–H groups in total. The van der Waals surface area contributed by atoms with Crippen LogP contribution in [0.3, 0.4) is 0 Å². The number of ether oxygens (including phenoxy) is 1. The number of carboxylic acid groups (broad SMARTS) is 1. The van der Waals surface area contributed by atoms with Crippen LogP contribution in [0.25, 0.3) is 11.1 Å². The van der Waals surface area contributed by atoms with Gasteiger partial charge >= 0.3 is 12.1 Å². The molecule has 1 aliphatic rings. The number of hydrogen-bond acceptors (Lipinski definition) is 4. The molecule has 0 aromatic heterocycles. The minimum Gasteiger partial charge on any atom is -0.480 e. The van der Waals surface area contributed by atoms with Crippen LogP contribution >= 0.6 is 0 Å². The number of aliphatic carboxylic acids is 1.